The van der Waals surface area contributed by atoms with Crippen LogP contribution in [0.2, 0.25) is 0 Å². The highest BCUT2D eigenvalue weighted by Crippen LogP contribution is 2.39. The summed E-state index contributed by atoms with van der Waals surface area (Å²) in [6.45, 7) is 8.18. The van der Waals surface area contributed by atoms with Crippen molar-refractivity contribution in [3.8, 4) is 0 Å². The van der Waals surface area contributed by atoms with Gasteiger partial charge >= 0.3 is 0 Å². The summed E-state index contributed by atoms with van der Waals surface area (Å²) in [5, 5.41) is 10.3. The van der Waals surface area contributed by atoms with Gasteiger partial charge in [0.25, 0.3) is 0 Å². The standard InChI is InChI=1S/C12H22O/c1-4-6-12(13)8-10(3)7-11(5-2)9-12/h4,10-11,13H,1,5-9H2,2-3H3. The maximum atomic E-state index is 10.3. The molecular weight excluding hydrogens is 160 g/mol. The first-order valence-corrected chi connectivity index (χ1v) is 5.43. The van der Waals surface area contributed by atoms with Gasteiger partial charge in [-0.15, -0.1) is 6.58 Å². The van der Waals surface area contributed by atoms with Gasteiger partial charge in [-0.05, 0) is 37.5 Å². The molecule has 0 amide bonds. The minimum absolute atomic E-state index is 0.444. The van der Waals surface area contributed by atoms with E-state index in [1.165, 1.54) is 12.8 Å². The first-order chi connectivity index (χ1) is 6.09. The van der Waals surface area contributed by atoms with Gasteiger partial charge in [0.05, 0.1) is 5.60 Å². The predicted molar refractivity (Wildman–Crippen MR) is 56.6 cm³/mol. The van der Waals surface area contributed by atoms with Crippen molar-refractivity contribution in [2.24, 2.45) is 11.8 Å². The van der Waals surface area contributed by atoms with E-state index in [0.29, 0.717) is 11.8 Å². The fourth-order valence-corrected chi connectivity index (χ4v) is 2.75. The molecule has 0 radical (unpaired) electrons. The molecule has 13 heavy (non-hydrogen) atoms. The number of hydrogen-bond acceptors (Lipinski definition) is 1. The molecular formula is C12H22O. The van der Waals surface area contributed by atoms with Gasteiger partial charge in [-0.25, -0.2) is 0 Å². The molecule has 0 spiro atoms. The second kappa shape index (κ2) is 4.28. The Morgan fingerprint density at radius 1 is 1.54 bits per heavy atom. The lowest BCUT2D eigenvalue weighted by Gasteiger charge is -2.39. The van der Waals surface area contributed by atoms with Crippen LogP contribution in [0.4, 0.5) is 0 Å². The third kappa shape index (κ3) is 2.84. The van der Waals surface area contributed by atoms with Crippen LogP contribution in [0.5, 0.6) is 0 Å². The Kier molecular flexibility index (Phi) is 3.55. The van der Waals surface area contributed by atoms with E-state index >= 15 is 0 Å². The zero-order chi connectivity index (χ0) is 9.90. The van der Waals surface area contributed by atoms with Crippen molar-refractivity contribution in [3.05, 3.63) is 12.7 Å². The number of hydrogen-bond donors (Lipinski definition) is 1. The molecule has 0 aromatic heterocycles. The third-order valence-electron chi connectivity index (χ3n) is 3.23. The summed E-state index contributed by atoms with van der Waals surface area (Å²) in [6, 6.07) is 0. The summed E-state index contributed by atoms with van der Waals surface area (Å²) in [7, 11) is 0. The van der Waals surface area contributed by atoms with Gasteiger partial charge in [-0.2, -0.15) is 0 Å². The van der Waals surface area contributed by atoms with Gasteiger partial charge in [-0.1, -0.05) is 26.3 Å². The van der Waals surface area contributed by atoms with Gasteiger partial charge < -0.3 is 5.11 Å². The average molecular weight is 182 g/mol. The first kappa shape index (κ1) is 10.8. The van der Waals surface area contributed by atoms with E-state index < -0.39 is 5.60 Å². The van der Waals surface area contributed by atoms with Crippen molar-refractivity contribution >= 4 is 0 Å². The van der Waals surface area contributed by atoms with E-state index in [1.807, 2.05) is 6.08 Å². The van der Waals surface area contributed by atoms with Crippen molar-refractivity contribution in [1.82, 2.24) is 0 Å². The van der Waals surface area contributed by atoms with E-state index in [9.17, 15) is 5.11 Å². The summed E-state index contributed by atoms with van der Waals surface area (Å²) in [6.07, 6.45) is 7.02. The second-order valence-electron chi connectivity index (χ2n) is 4.74. The highest BCUT2D eigenvalue weighted by molar-refractivity contribution is 4.93. The van der Waals surface area contributed by atoms with Crippen molar-refractivity contribution in [2.45, 2.75) is 51.6 Å². The van der Waals surface area contributed by atoms with Crippen molar-refractivity contribution in [2.75, 3.05) is 0 Å². The van der Waals surface area contributed by atoms with Crippen LogP contribution in [0.15, 0.2) is 12.7 Å². The quantitative estimate of drug-likeness (QED) is 0.665. The fraction of sp³-hybridized carbons (Fsp3) is 0.833. The van der Waals surface area contributed by atoms with Crippen molar-refractivity contribution < 1.29 is 5.11 Å². The molecule has 1 rings (SSSR count). The molecule has 1 fully saturated rings. The Morgan fingerprint density at radius 2 is 2.23 bits per heavy atom. The van der Waals surface area contributed by atoms with Gasteiger partial charge in [0.2, 0.25) is 0 Å². The Bertz CT molecular complexity index is 176. The molecule has 0 saturated heterocycles. The first-order valence-electron chi connectivity index (χ1n) is 5.43. The number of aliphatic hydroxyl groups is 1. The molecule has 1 aliphatic rings. The largest absolute Gasteiger partial charge is 0.390 e. The smallest absolute Gasteiger partial charge is 0.0687 e. The van der Waals surface area contributed by atoms with E-state index in [1.54, 1.807) is 0 Å². The van der Waals surface area contributed by atoms with Crippen LogP contribution in [0.25, 0.3) is 0 Å². The van der Waals surface area contributed by atoms with Crippen LogP contribution in [0, 0.1) is 11.8 Å². The summed E-state index contributed by atoms with van der Waals surface area (Å²) in [5.74, 6) is 1.39. The lowest BCUT2D eigenvalue weighted by Crippen LogP contribution is -2.37. The molecule has 1 saturated carbocycles. The van der Waals surface area contributed by atoms with Crippen LogP contribution in [0.1, 0.15) is 46.0 Å². The normalized spacial score (nSPS) is 40.2. The van der Waals surface area contributed by atoms with Gasteiger partial charge in [0.15, 0.2) is 0 Å². The minimum Gasteiger partial charge on any atom is -0.390 e. The molecule has 3 atom stereocenters. The summed E-state index contributed by atoms with van der Waals surface area (Å²) in [5.41, 5.74) is -0.444. The molecule has 76 valence electrons. The molecule has 0 bridgehead atoms. The maximum absolute atomic E-state index is 10.3. The van der Waals surface area contributed by atoms with Crippen molar-refractivity contribution in [1.29, 1.82) is 0 Å². The fourth-order valence-electron chi connectivity index (χ4n) is 2.75. The van der Waals surface area contributed by atoms with E-state index in [0.717, 1.165) is 19.3 Å². The SMILES string of the molecule is C=CCC1(O)CC(C)CC(CC)C1. The molecule has 1 nitrogen and oxygen atoms in total. The Hall–Kier alpha value is -0.300. The van der Waals surface area contributed by atoms with E-state index in [2.05, 4.69) is 20.4 Å². The van der Waals surface area contributed by atoms with Crippen LogP contribution in [0.3, 0.4) is 0 Å². The third-order valence-corrected chi connectivity index (χ3v) is 3.23. The van der Waals surface area contributed by atoms with E-state index in [-0.39, 0.29) is 0 Å². The lowest BCUT2D eigenvalue weighted by molar-refractivity contribution is -0.0322. The molecule has 0 aliphatic heterocycles. The van der Waals surface area contributed by atoms with Crippen molar-refractivity contribution in [3.63, 3.8) is 0 Å². The zero-order valence-electron chi connectivity index (χ0n) is 8.92. The summed E-state index contributed by atoms with van der Waals surface area (Å²) in [4.78, 5) is 0. The molecule has 1 heteroatoms. The molecule has 0 aromatic rings. The summed E-state index contributed by atoms with van der Waals surface area (Å²) < 4.78 is 0. The Labute approximate surface area is 81.9 Å². The second-order valence-corrected chi connectivity index (χ2v) is 4.74. The monoisotopic (exact) mass is 182 g/mol. The van der Waals surface area contributed by atoms with Gasteiger partial charge in [-0.3, -0.25) is 0 Å². The Balaban J connectivity index is 2.59. The number of rotatable bonds is 3. The minimum atomic E-state index is -0.444. The van der Waals surface area contributed by atoms with Gasteiger partial charge in [0, 0.05) is 0 Å². The average Bonchev–Trinajstić information content (AvgIpc) is 2.02. The summed E-state index contributed by atoms with van der Waals surface area (Å²) >= 11 is 0. The molecule has 0 aromatic carbocycles. The molecule has 1 aliphatic carbocycles. The Morgan fingerprint density at radius 3 is 2.77 bits per heavy atom. The van der Waals surface area contributed by atoms with Crippen LogP contribution >= 0.6 is 0 Å². The highest BCUT2D eigenvalue weighted by atomic mass is 16.3. The molecule has 3 unspecified atom stereocenters. The topological polar surface area (TPSA) is 20.2 Å². The van der Waals surface area contributed by atoms with Crippen LogP contribution < -0.4 is 0 Å². The molecule has 0 heterocycles. The van der Waals surface area contributed by atoms with Crippen LogP contribution in [-0.4, -0.2) is 10.7 Å². The molecule has 1 N–H and O–H groups in total. The lowest BCUT2D eigenvalue weighted by atomic mass is 9.71. The van der Waals surface area contributed by atoms with Crippen LogP contribution in [-0.2, 0) is 0 Å². The zero-order valence-corrected chi connectivity index (χ0v) is 8.92. The highest BCUT2D eigenvalue weighted by Gasteiger charge is 2.35. The van der Waals surface area contributed by atoms with Gasteiger partial charge in [0.1, 0.15) is 0 Å². The van der Waals surface area contributed by atoms with E-state index in [4.69, 9.17) is 0 Å². The maximum Gasteiger partial charge on any atom is 0.0687 e. The predicted octanol–water partition coefficient (Wildman–Crippen LogP) is 3.14.